The van der Waals surface area contributed by atoms with E-state index in [0.717, 1.165) is 19.4 Å². The fourth-order valence-corrected chi connectivity index (χ4v) is 1.82. The maximum Gasteiger partial charge on any atom is 0.222 e. The molecule has 1 unspecified atom stereocenters. The fraction of sp³-hybridized carbons (Fsp3) is 0.833. The summed E-state index contributed by atoms with van der Waals surface area (Å²) < 4.78 is 0. The summed E-state index contributed by atoms with van der Waals surface area (Å²) in [5, 5.41) is 8.85. The monoisotopic (exact) mass is 241 g/mol. The highest BCUT2D eigenvalue weighted by Crippen LogP contribution is 2.07. The van der Waals surface area contributed by atoms with Crippen LogP contribution in [0.3, 0.4) is 0 Å². The predicted octanol–water partition coefficient (Wildman–Crippen LogP) is 0.0169. The molecular weight excluding hydrogens is 218 g/mol. The number of amides is 2. The van der Waals surface area contributed by atoms with Crippen LogP contribution < -0.4 is 16.0 Å². The quantitative estimate of drug-likeness (QED) is 0.574. The molecule has 98 valence electrons. The Labute approximate surface area is 103 Å². The van der Waals surface area contributed by atoms with Gasteiger partial charge < -0.3 is 16.0 Å². The van der Waals surface area contributed by atoms with Gasteiger partial charge in [-0.3, -0.25) is 9.59 Å². The molecule has 1 aliphatic rings. The van der Waals surface area contributed by atoms with E-state index >= 15 is 0 Å². The minimum atomic E-state index is -0.00612. The van der Waals surface area contributed by atoms with Gasteiger partial charge in [0.2, 0.25) is 11.8 Å². The molecule has 0 aromatic rings. The number of carbonyl (C=O) groups excluding carboxylic acids is 2. The number of hydrogen-bond donors (Lipinski definition) is 3. The lowest BCUT2D eigenvalue weighted by Crippen LogP contribution is -2.38. The molecule has 0 saturated carbocycles. The molecular formula is C12H23N3O2. The van der Waals surface area contributed by atoms with Gasteiger partial charge in [0.15, 0.2) is 0 Å². The van der Waals surface area contributed by atoms with E-state index in [1.54, 1.807) is 0 Å². The second-order valence-electron chi connectivity index (χ2n) is 4.79. The third-order valence-electron chi connectivity index (χ3n) is 2.86. The second-order valence-corrected chi connectivity index (χ2v) is 4.79. The van der Waals surface area contributed by atoms with Crippen LogP contribution in [-0.2, 0) is 9.59 Å². The Morgan fingerprint density at radius 2 is 2.00 bits per heavy atom. The first-order valence-corrected chi connectivity index (χ1v) is 6.37. The van der Waals surface area contributed by atoms with Crippen LogP contribution in [0.2, 0.25) is 0 Å². The summed E-state index contributed by atoms with van der Waals surface area (Å²) in [7, 11) is 0. The van der Waals surface area contributed by atoms with Gasteiger partial charge in [0, 0.05) is 31.5 Å². The van der Waals surface area contributed by atoms with Gasteiger partial charge in [-0.25, -0.2) is 0 Å². The van der Waals surface area contributed by atoms with Crippen LogP contribution in [0, 0.1) is 5.92 Å². The molecule has 1 atom stereocenters. The normalized spacial score (nSPS) is 19.4. The number of hydrogen-bond acceptors (Lipinski definition) is 3. The van der Waals surface area contributed by atoms with Gasteiger partial charge in [0.1, 0.15) is 0 Å². The van der Waals surface area contributed by atoms with Crippen molar-refractivity contribution < 1.29 is 9.59 Å². The molecule has 1 fully saturated rings. The third kappa shape index (κ3) is 5.68. The molecule has 0 aliphatic carbocycles. The maximum absolute atomic E-state index is 11.5. The zero-order chi connectivity index (χ0) is 12.7. The number of carbonyl (C=O) groups is 2. The van der Waals surface area contributed by atoms with Crippen LogP contribution in [0.5, 0.6) is 0 Å². The Kier molecular flexibility index (Phi) is 5.97. The first kappa shape index (κ1) is 14.0. The molecule has 1 aliphatic heterocycles. The molecule has 0 aromatic heterocycles. The van der Waals surface area contributed by atoms with E-state index in [0.29, 0.717) is 25.6 Å². The van der Waals surface area contributed by atoms with Gasteiger partial charge in [-0.15, -0.1) is 0 Å². The van der Waals surface area contributed by atoms with Crippen molar-refractivity contribution in [2.24, 2.45) is 5.92 Å². The first-order valence-electron chi connectivity index (χ1n) is 6.37. The zero-order valence-electron chi connectivity index (χ0n) is 10.7. The predicted molar refractivity (Wildman–Crippen MR) is 66.5 cm³/mol. The highest BCUT2D eigenvalue weighted by Gasteiger charge is 2.17. The summed E-state index contributed by atoms with van der Waals surface area (Å²) >= 11 is 0. The highest BCUT2D eigenvalue weighted by molar-refractivity contribution is 5.78. The Hall–Kier alpha value is -1.10. The van der Waals surface area contributed by atoms with Crippen molar-refractivity contribution in [3.63, 3.8) is 0 Å². The third-order valence-corrected chi connectivity index (χ3v) is 2.86. The average molecular weight is 241 g/mol. The Bertz CT molecular complexity index is 260. The molecule has 0 bridgehead atoms. The summed E-state index contributed by atoms with van der Waals surface area (Å²) in [5.41, 5.74) is 0. The van der Waals surface area contributed by atoms with Crippen molar-refractivity contribution >= 4 is 11.8 Å². The standard InChI is InChI=1S/C12H23N3O2/c1-9(2)12(17)15-7-6-14-11(16)8-10-4-3-5-13-10/h9-10,13H,3-8H2,1-2H3,(H,14,16)(H,15,17). The van der Waals surface area contributed by atoms with Crippen molar-refractivity contribution in [2.45, 2.75) is 39.2 Å². The fourth-order valence-electron chi connectivity index (χ4n) is 1.82. The molecule has 0 radical (unpaired) electrons. The summed E-state index contributed by atoms with van der Waals surface area (Å²) in [5.74, 6) is 0.0771. The summed E-state index contributed by atoms with van der Waals surface area (Å²) in [4.78, 5) is 22.7. The molecule has 2 amide bonds. The Balaban J connectivity index is 2.02. The van der Waals surface area contributed by atoms with E-state index in [9.17, 15) is 9.59 Å². The topological polar surface area (TPSA) is 70.2 Å². The van der Waals surface area contributed by atoms with Gasteiger partial charge in [0.25, 0.3) is 0 Å². The molecule has 0 spiro atoms. The lowest BCUT2D eigenvalue weighted by Gasteiger charge is -2.11. The summed E-state index contributed by atoms with van der Waals surface area (Å²) in [6, 6.07) is 0.334. The Morgan fingerprint density at radius 3 is 2.59 bits per heavy atom. The van der Waals surface area contributed by atoms with Crippen LogP contribution >= 0.6 is 0 Å². The molecule has 5 heteroatoms. The van der Waals surface area contributed by atoms with E-state index in [1.165, 1.54) is 0 Å². The molecule has 1 heterocycles. The smallest absolute Gasteiger partial charge is 0.222 e. The van der Waals surface area contributed by atoms with E-state index in [1.807, 2.05) is 13.8 Å². The lowest BCUT2D eigenvalue weighted by molar-refractivity contribution is -0.124. The first-order chi connectivity index (χ1) is 8.09. The van der Waals surface area contributed by atoms with Crippen molar-refractivity contribution in [2.75, 3.05) is 19.6 Å². The van der Waals surface area contributed by atoms with Crippen molar-refractivity contribution in [3.8, 4) is 0 Å². The summed E-state index contributed by atoms with van der Waals surface area (Å²) in [6.07, 6.45) is 2.78. The molecule has 1 rings (SSSR count). The van der Waals surface area contributed by atoms with Gasteiger partial charge >= 0.3 is 0 Å². The second kappa shape index (κ2) is 7.27. The van der Waals surface area contributed by atoms with E-state index < -0.39 is 0 Å². The van der Waals surface area contributed by atoms with Crippen molar-refractivity contribution in [1.29, 1.82) is 0 Å². The van der Waals surface area contributed by atoms with E-state index in [-0.39, 0.29) is 17.7 Å². The van der Waals surface area contributed by atoms with Crippen LogP contribution in [0.25, 0.3) is 0 Å². The van der Waals surface area contributed by atoms with Gasteiger partial charge in [0.05, 0.1) is 0 Å². The Morgan fingerprint density at radius 1 is 1.29 bits per heavy atom. The van der Waals surface area contributed by atoms with Gasteiger partial charge in [-0.2, -0.15) is 0 Å². The molecule has 1 saturated heterocycles. The van der Waals surface area contributed by atoms with Crippen LogP contribution in [0.15, 0.2) is 0 Å². The minimum absolute atomic E-state index is 0.00612. The highest BCUT2D eigenvalue weighted by atomic mass is 16.2. The SMILES string of the molecule is CC(C)C(=O)NCCNC(=O)CC1CCCN1. The van der Waals surface area contributed by atoms with E-state index in [2.05, 4.69) is 16.0 Å². The lowest BCUT2D eigenvalue weighted by atomic mass is 10.1. The largest absolute Gasteiger partial charge is 0.354 e. The average Bonchev–Trinajstić information content (AvgIpc) is 2.76. The maximum atomic E-state index is 11.5. The van der Waals surface area contributed by atoms with E-state index in [4.69, 9.17) is 0 Å². The van der Waals surface area contributed by atoms with Crippen LogP contribution in [-0.4, -0.2) is 37.5 Å². The molecule has 17 heavy (non-hydrogen) atoms. The zero-order valence-corrected chi connectivity index (χ0v) is 10.7. The van der Waals surface area contributed by atoms with Gasteiger partial charge in [-0.05, 0) is 19.4 Å². The van der Waals surface area contributed by atoms with Crippen molar-refractivity contribution in [3.05, 3.63) is 0 Å². The van der Waals surface area contributed by atoms with Crippen molar-refractivity contribution in [1.82, 2.24) is 16.0 Å². The minimum Gasteiger partial charge on any atom is -0.354 e. The van der Waals surface area contributed by atoms with Crippen LogP contribution in [0.1, 0.15) is 33.1 Å². The summed E-state index contributed by atoms with van der Waals surface area (Å²) in [6.45, 7) is 5.71. The van der Waals surface area contributed by atoms with Gasteiger partial charge in [-0.1, -0.05) is 13.8 Å². The number of nitrogens with one attached hydrogen (secondary N) is 3. The van der Waals surface area contributed by atoms with Crippen LogP contribution in [0.4, 0.5) is 0 Å². The molecule has 3 N–H and O–H groups in total. The number of rotatable bonds is 6. The molecule has 5 nitrogen and oxygen atoms in total. The molecule has 0 aromatic carbocycles.